The van der Waals surface area contributed by atoms with Crippen molar-refractivity contribution in [2.45, 2.75) is 0 Å². The zero-order valence-corrected chi connectivity index (χ0v) is 19.3. The van der Waals surface area contributed by atoms with Gasteiger partial charge in [0.05, 0.1) is 18.9 Å². The van der Waals surface area contributed by atoms with E-state index in [0.717, 1.165) is 64.9 Å². The van der Waals surface area contributed by atoms with E-state index in [0.29, 0.717) is 5.57 Å². The van der Waals surface area contributed by atoms with Crippen molar-refractivity contribution < 1.29 is 9.53 Å². The number of aromatic nitrogens is 1. The van der Waals surface area contributed by atoms with Gasteiger partial charge in [0.1, 0.15) is 5.01 Å². The number of amides is 1. The maximum atomic E-state index is 12.8. The monoisotopic (exact) mass is 465 g/mol. The third kappa shape index (κ3) is 4.02. The molecule has 0 bridgehead atoms. The molecule has 1 aromatic heterocycles. The van der Waals surface area contributed by atoms with Gasteiger partial charge in [0.15, 0.2) is 0 Å². The number of morpholine rings is 1. The number of benzene rings is 3. The SMILES string of the molecule is O=C1Nc2ccc(-c3csc(-c4ccccc4)n3)cc2C1=Cc1ccc(N2CCOCC2)cc1. The minimum atomic E-state index is -0.0762. The first-order valence-electron chi connectivity index (χ1n) is 11.4. The first kappa shape index (κ1) is 20.8. The van der Waals surface area contributed by atoms with Crippen LogP contribution >= 0.6 is 11.3 Å². The Hall–Kier alpha value is -3.74. The second-order valence-electron chi connectivity index (χ2n) is 8.37. The van der Waals surface area contributed by atoms with Gasteiger partial charge in [-0.2, -0.15) is 0 Å². The third-order valence-electron chi connectivity index (χ3n) is 6.20. The molecule has 0 unspecified atom stereocenters. The molecule has 1 saturated heterocycles. The zero-order valence-electron chi connectivity index (χ0n) is 18.5. The van der Waals surface area contributed by atoms with Crippen molar-refractivity contribution >= 4 is 40.3 Å². The normalized spacial score (nSPS) is 16.5. The summed E-state index contributed by atoms with van der Waals surface area (Å²) in [5, 5.41) is 6.05. The van der Waals surface area contributed by atoms with Gasteiger partial charge in [0, 0.05) is 52.1 Å². The van der Waals surface area contributed by atoms with Crippen molar-refractivity contribution in [1.29, 1.82) is 0 Å². The summed E-state index contributed by atoms with van der Waals surface area (Å²) < 4.78 is 5.44. The van der Waals surface area contributed by atoms with Gasteiger partial charge in [-0.05, 0) is 35.9 Å². The summed E-state index contributed by atoms with van der Waals surface area (Å²) in [6.45, 7) is 3.33. The highest BCUT2D eigenvalue weighted by Gasteiger charge is 2.25. The molecule has 0 radical (unpaired) electrons. The molecule has 34 heavy (non-hydrogen) atoms. The van der Waals surface area contributed by atoms with E-state index in [4.69, 9.17) is 9.72 Å². The standard InChI is InChI=1S/C28H23N3O2S/c32-27-24(16-19-6-9-22(10-7-19)31-12-14-33-15-13-31)23-17-21(8-11-25(23)29-27)26-18-34-28(30-26)20-4-2-1-3-5-20/h1-11,16-18H,12-15H2,(H,29,32). The molecule has 0 spiro atoms. The van der Waals surface area contributed by atoms with Crippen LogP contribution in [0.25, 0.3) is 33.5 Å². The number of nitrogens with one attached hydrogen (secondary N) is 1. The van der Waals surface area contributed by atoms with Crippen LogP contribution in [-0.4, -0.2) is 37.2 Å². The number of carbonyl (C=O) groups excluding carboxylic acids is 1. The van der Waals surface area contributed by atoms with E-state index in [-0.39, 0.29) is 5.91 Å². The van der Waals surface area contributed by atoms with E-state index in [1.807, 2.05) is 36.4 Å². The smallest absolute Gasteiger partial charge is 0.256 e. The number of hydrogen-bond donors (Lipinski definition) is 1. The third-order valence-corrected chi connectivity index (χ3v) is 7.09. The first-order valence-corrected chi connectivity index (χ1v) is 12.2. The average molecular weight is 466 g/mol. The summed E-state index contributed by atoms with van der Waals surface area (Å²) >= 11 is 1.63. The van der Waals surface area contributed by atoms with Crippen molar-refractivity contribution in [2.75, 3.05) is 36.5 Å². The molecule has 1 fully saturated rings. The average Bonchev–Trinajstić information content (AvgIpc) is 3.50. The van der Waals surface area contributed by atoms with Crippen LogP contribution in [0.15, 0.2) is 78.2 Å². The second-order valence-corrected chi connectivity index (χ2v) is 9.23. The van der Waals surface area contributed by atoms with Gasteiger partial charge >= 0.3 is 0 Å². The van der Waals surface area contributed by atoms with E-state index >= 15 is 0 Å². The predicted octanol–water partition coefficient (Wildman–Crippen LogP) is 5.81. The Balaban J connectivity index is 1.29. The van der Waals surface area contributed by atoms with Crippen molar-refractivity contribution in [1.82, 2.24) is 4.98 Å². The minimum Gasteiger partial charge on any atom is -0.378 e. The lowest BCUT2D eigenvalue weighted by Gasteiger charge is -2.28. The molecular weight excluding hydrogens is 442 g/mol. The van der Waals surface area contributed by atoms with Crippen molar-refractivity contribution in [3.63, 3.8) is 0 Å². The molecule has 4 aromatic rings. The summed E-state index contributed by atoms with van der Waals surface area (Å²) in [5.74, 6) is -0.0762. The lowest BCUT2D eigenvalue weighted by atomic mass is 10.0. The molecule has 0 aliphatic carbocycles. The highest BCUT2D eigenvalue weighted by molar-refractivity contribution is 7.13. The van der Waals surface area contributed by atoms with E-state index in [2.05, 4.69) is 58.1 Å². The maximum absolute atomic E-state index is 12.8. The number of carbonyl (C=O) groups is 1. The van der Waals surface area contributed by atoms with Crippen LogP contribution in [0.5, 0.6) is 0 Å². The molecule has 1 amide bonds. The Morgan fingerprint density at radius 2 is 1.74 bits per heavy atom. The molecule has 0 atom stereocenters. The largest absolute Gasteiger partial charge is 0.378 e. The molecule has 2 aliphatic heterocycles. The topological polar surface area (TPSA) is 54.5 Å². The van der Waals surface area contributed by atoms with E-state index in [1.54, 1.807) is 11.3 Å². The van der Waals surface area contributed by atoms with Crippen molar-refractivity contribution in [2.24, 2.45) is 0 Å². The fraction of sp³-hybridized carbons (Fsp3) is 0.143. The number of fused-ring (bicyclic) bond motifs is 1. The summed E-state index contributed by atoms with van der Waals surface area (Å²) in [6.07, 6.45) is 1.96. The fourth-order valence-corrected chi connectivity index (χ4v) is 5.22. The Morgan fingerprint density at radius 3 is 2.53 bits per heavy atom. The number of rotatable bonds is 4. The Morgan fingerprint density at radius 1 is 0.941 bits per heavy atom. The molecule has 2 aliphatic rings. The van der Waals surface area contributed by atoms with Crippen LogP contribution in [0.3, 0.4) is 0 Å². The minimum absolute atomic E-state index is 0.0762. The van der Waals surface area contributed by atoms with Gasteiger partial charge in [0.2, 0.25) is 0 Å². The Kier molecular flexibility index (Phi) is 5.45. The quantitative estimate of drug-likeness (QED) is 0.387. The van der Waals surface area contributed by atoms with Crippen LogP contribution < -0.4 is 10.2 Å². The van der Waals surface area contributed by atoms with Gasteiger partial charge in [-0.15, -0.1) is 11.3 Å². The van der Waals surface area contributed by atoms with Gasteiger partial charge in [-0.1, -0.05) is 48.5 Å². The summed E-state index contributed by atoms with van der Waals surface area (Å²) in [4.78, 5) is 19.9. The molecular formula is C28H23N3O2S. The molecule has 168 valence electrons. The van der Waals surface area contributed by atoms with E-state index in [9.17, 15) is 4.79 Å². The fourth-order valence-electron chi connectivity index (χ4n) is 4.38. The van der Waals surface area contributed by atoms with Crippen LogP contribution in [-0.2, 0) is 9.53 Å². The summed E-state index contributed by atoms with van der Waals surface area (Å²) in [7, 11) is 0. The van der Waals surface area contributed by atoms with Crippen LogP contribution in [0.4, 0.5) is 11.4 Å². The van der Waals surface area contributed by atoms with Gasteiger partial charge in [-0.3, -0.25) is 4.79 Å². The molecule has 1 N–H and O–H groups in total. The molecule has 3 heterocycles. The zero-order chi connectivity index (χ0) is 22.9. The number of ether oxygens (including phenoxy) is 1. The van der Waals surface area contributed by atoms with E-state index in [1.165, 1.54) is 5.69 Å². The van der Waals surface area contributed by atoms with Gasteiger partial charge in [0.25, 0.3) is 5.91 Å². The summed E-state index contributed by atoms with van der Waals surface area (Å²) in [6, 6.07) is 24.6. The first-order chi connectivity index (χ1) is 16.7. The molecule has 5 nitrogen and oxygen atoms in total. The lowest BCUT2D eigenvalue weighted by Crippen LogP contribution is -2.36. The van der Waals surface area contributed by atoms with Crippen LogP contribution in [0.2, 0.25) is 0 Å². The van der Waals surface area contributed by atoms with Gasteiger partial charge < -0.3 is 15.0 Å². The second kappa shape index (κ2) is 8.89. The van der Waals surface area contributed by atoms with Crippen molar-refractivity contribution in [3.05, 3.63) is 89.3 Å². The van der Waals surface area contributed by atoms with Gasteiger partial charge in [-0.25, -0.2) is 4.98 Å². The number of thiazole rings is 1. The number of nitrogens with zero attached hydrogens (tertiary/aromatic N) is 2. The molecule has 6 heteroatoms. The van der Waals surface area contributed by atoms with E-state index < -0.39 is 0 Å². The molecule has 0 saturated carbocycles. The van der Waals surface area contributed by atoms with Crippen molar-refractivity contribution in [3.8, 4) is 21.8 Å². The molecule has 3 aromatic carbocycles. The highest BCUT2D eigenvalue weighted by Crippen LogP contribution is 2.37. The highest BCUT2D eigenvalue weighted by atomic mass is 32.1. The molecule has 6 rings (SSSR count). The predicted molar refractivity (Wildman–Crippen MR) is 139 cm³/mol. The lowest BCUT2D eigenvalue weighted by molar-refractivity contribution is -0.110. The summed E-state index contributed by atoms with van der Waals surface area (Å²) in [5.41, 5.74) is 7.63. The Labute approximate surface area is 202 Å². The maximum Gasteiger partial charge on any atom is 0.256 e. The van der Waals surface area contributed by atoms with Crippen LogP contribution in [0, 0.1) is 0 Å². The van der Waals surface area contributed by atoms with Crippen LogP contribution in [0.1, 0.15) is 11.1 Å². The number of hydrogen-bond acceptors (Lipinski definition) is 5. The Bertz CT molecular complexity index is 1370. The number of anilines is 2.